The first-order valence-electron chi connectivity index (χ1n) is 6.04. The number of amides is 1. The van der Waals surface area contributed by atoms with Gasteiger partial charge in [-0.25, -0.2) is 8.78 Å². The molecule has 0 radical (unpaired) electrons. The van der Waals surface area contributed by atoms with Crippen LogP contribution >= 0.6 is 11.6 Å². The molecule has 0 aliphatic carbocycles. The third-order valence-electron chi connectivity index (χ3n) is 3.19. The van der Waals surface area contributed by atoms with Gasteiger partial charge in [0.15, 0.2) is 24.0 Å². The molecule has 1 fully saturated rings. The SMILES string of the molecule is CC(=O)/C(F)=C\N(C(C)=O)[C@@H]1O[C@@](CO)(CCl)[C@@H](O)[C@H]1F. The highest BCUT2D eigenvalue weighted by Crippen LogP contribution is 2.36. The molecule has 21 heavy (non-hydrogen) atoms. The predicted octanol–water partition coefficient (Wildman–Crippen LogP) is 0.260. The van der Waals surface area contributed by atoms with Crippen molar-refractivity contribution in [3.8, 4) is 0 Å². The van der Waals surface area contributed by atoms with Gasteiger partial charge < -0.3 is 14.9 Å². The number of hydrogen-bond acceptors (Lipinski definition) is 5. The predicted molar refractivity (Wildman–Crippen MR) is 68.7 cm³/mol. The molecule has 2 N–H and O–H groups in total. The van der Waals surface area contributed by atoms with E-state index >= 15 is 0 Å². The number of carbonyl (C=O) groups is 2. The minimum absolute atomic E-state index is 0.438. The third-order valence-corrected chi connectivity index (χ3v) is 3.64. The molecule has 0 aromatic rings. The Morgan fingerprint density at radius 2 is 2.05 bits per heavy atom. The van der Waals surface area contributed by atoms with Gasteiger partial charge in [0, 0.05) is 20.0 Å². The maximum Gasteiger partial charge on any atom is 0.225 e. The average Bonchev–Trinajstić information content (AvgIpc) is 2.69. The van der Waals surface area contributed by atoms with Gasteiger partial charge in [-0.2, -0.15) is 0 Å². The number of ketones is 1. The monoisotopic (exact) mass is 327 g/mol. The van der Waals surface area contributed by atoms with Gasteiger partial charge in [0.05, 0.1) is 12.5 Å². The first-order valence-corrected chi connectivity index (χ1v) is 6.57. The lowest BCUT2D eigenvalue weighted by atomic mass is 9.99. The summed E-state index contributed by atoms with van der Waals surface area (Å²) >= 11 is 5.57. The van der Waals surface area contributed by atoms with Gasteiger partial charge in [0.2, 0.25) is 5.91 Å². The van der Waals surface area contributed by atoms with Crippen LogP contribution in [0.3, 0.4) is 0 Å². The Kier molecular flexibility index (Phi) is 5.80. The molecule has 120 valence electrons. The van der Waals surface area contributed by atoms with E-state index in [0.717, 1.165) is 13.8 Å². The molecule has 1 amide bonds. The molecule has 1 aliphatic rings. The van der Waals surface area contributed by atoms with E-state index in [4.69, 9.17) is 16.3 Å². The van der Waals surface area contributed by atoms with Gasteiger partial charge in [0.25, 0.3) is 0 Å². The Morgan fingerprint density at radius 1 is 1.48 bits per heavy atom. The largest absolute Gasteiger partial charge is 0.393 e. The lowest BCUT2D eigenvalue weighted by Gasteiger charge is -2.29. The Balaban J connectivity index is 3.14. The second-order valence-corrected chi connectivity index (χ2v) is 4.98. The molecule has 1 heterocycles. The topological polar surface area (TPSA) is 87.1 Å². The van der Waals surface area contributed by atoms with E-state index in [9.17, 15) is 28.6 Å². The number of halogens is 3. The van der Waals surface area contributed by atoms with E-state index in [1.54, 1.807) is 0 Å². The van der Waals surface area contributed by atoms with Gasteiger partial charge in [-0.1, -0.05) is 0 Å². The number of rotatable bonds is 5. The van der Waals surface area contributed by atoms with Gasteiger partial charge in [0.1, 0.15) is 11.7 Å². The lowest BCUT2D eigenvalue weighted by molar-refractivity contribution is -0.152. The van der Waals surface area contributed by atoms with E-state index < -0.39 is 54.1 Å². The van der Waals surface area contributed by atoms with Gasteiger partial charge in [-0.05, 0) is 0 Å². The van der Waals surface area contributed by atoms with Crippen molar-refractivity contribution < 1.29 is 33.3 Å². The first-order chi connectivity index (χ1) is 9.70. The maximum atomic E-state index is 14.1. The number of allylic oxidation sites excluding steroid dienone is 1. The highest BCUT2D eigenvalue weighted by molar-refractivity contribution is 6.18. The quantitative estimate of drug-likeness (QED) is 0.559. The van der Waals surface area contributed by atoms with Gasteiger partial charge in [-0.3, -0.25) is 14.5 Å². The van der Waals surface area contributed by atoms with Crippen molar-refractivity contribution in [3.05, 3.63) is 12.0 Å². The summed E-state index contributed by atoms with van der Waals surface area (Å²) in [5.74, 6) is -3.48. The number of ether oxygens (including phenoxy) is 1. The lowest BCUT2D eigenvalue weighted by Crippen LogP contribution is -2.47. The number of alkyl halides is 2. The number of Topliss-reactive ketones (excluding diaryl/α,β-unsaturated/α-hetero) is 1. The summed E-state index contributed by atoms with van der Waals surface area (Å²) in [5.41, 5.74) is -1.81. The Labute approximate surface area is 124 Å². The Hall–Kier alpha value is -1.09. The summed E-state index contributed by atoms with van der Waals surface area (Å²) in [7, 11) is 0. The number of hydrogen-bond donors (Lipinski definition) is 2. The molecule has 0 aromatic carbocycles. The number of aliphatic hydroxyl groups is 2. The van der Waals surface area contributed by atoms with Gasteiger partial charge >= 0.3 is 0 Å². The molecule has 9 heteroatoms. The minimum Gasteiger partial charge on any atom is -0.393 e. The highest BCUT2D eigenvalue weighted by Gasteiger charge is 2.56. The summed E-state index contributed by atoms with van der Waals surface area (Å²) in [6, 6.07) is 0. The van der Waals surface area contributed by atoms with Crippen LogP contribution in [0.1, 0.15) is 13.8 Å². The molecular weight excluding hydrogens is 312 g/mol. The molecule has 4 atom stereocenters. The van der Waals surface area contributed by atoms with E-state index in [2.05, 4.69) is 0 Å². The molecular formula is C12H16ClF2NO5. The molecule has 6 nitrogen and oxygen atoms in total. The van der Waals surface area contributed by atoms with Crippen LogP contribution in [-0.2, 0) is 14.3 Å². The summed E-state index contributed by atoms with van der Waals surface area (Å²) in [6.07, 6.45) is -5.14. The van der Waals surface area contributed by atoms with Crippen molar-refractivity contribution in [3.63, 3.8) is 0 Å². The van der Waals surface area contributed by atoms with Crippen molar-refractivity contribution in [2.75, 3.05) is 12.5 Å². The summed E-state index contributed by atoms with van der Waals surface area (Å²) < 4.78 is 32.7. The van der Waals surface area contributed by atoms with Crippen molar-refractivity contribution in [2.24, 2.45) is 0 Å². The average molecular weight is 328 g/mol. The number of aliphatic hydroxyl groups excluding tert-OH is 2. The van der Waals surface area contributed by atoms with E-state index in [-0.39, 0.29) is 0 Å². The number of nitrogens with zero attached hydrogens (tertiary/aromatic N) is 1. The standard InChI is InChI=1S/C12H16ClF2NO5/c1-6(18)8(14)3-16(7(2)19)11-9(15)10(20)12(4-13,5-17)21-11/h3,9-11,17,20H,4-5H2,1-2H3/b8-3+/t9-,10+,11-,12-/m1/s1. The zero-order chi connectivity index (χ0) is 16.4. The number of carbonyl (C=O) groups excluding carboxylic acids is 2. The van der Waals surface area contributed by atoms with Crippen LogP contribution in [0, 0.1) is 0 Å². The smallest absolute Gasteiger partial charge is 0.225 e. The van der Waals surface area contributed by atoms with E-state index in [1.165, 1.54) is 0 Å². The fourth-order valence-corrected chi connectivity index (χ4v) is 2.18. The Morgan fingerprint density at radius 3 is 2.38 bits per heavy atom. The molecule has 1 aliphatic heterocycles. The molecule has 0 saturated carbocycles. The fraction of sp³-hybridized carbons (Fsp3) is 0.667. The van der Waals surface area contributed by atoms with Crippen molar-refractivity contribution >= 4 is 23.3 Å². The van der Waals surface area contributed by atoms with Crippen molar-refractivity contribution in [1.82, 2.24) is 4.90 Å². The van der Waals surface area contributed by atoms with Crippen LogP contribution in [0.25, 0.3) is 0 Å². The van der Waals surface area contributed by atoms with Crippen LogP contribution in [0.15, 0.2) is 12.0 Å². The highest BCUT2D eigenvalue weighted by atomic mass is 35.5. The molecule has 1 saturated heterocycles. The molecule has 0 bridgehead atoms. The zero-order valence-electron chi connectivity index (χ0n) is 11.4. The van der Waals surface area contributed by atoms with Crippen LogP contribution in [0.5, 0.6) is 0 Å². The Bertz CT molecular complexity index is 455. The summed E-state index contributed by atoms with van der Waals surface area (Å²) in [6.45, 7) is 1.14. The fourth-order valence-electron chi connectivity index (χ4n) is 1.87. The van der Waals surface area contributed by atoms with Crippen molar-refractivity contribution in [2.45, 2.75) is 38.0 Å². The molecule has 1 rings (SSSR count). The third kappa shape index (κ3) is 3.39. The summed E-state index contributed by atoms with van der Waals surface area (Å²) in [4.78, 5) is 22.9. The van der Waals surface area contributed by atoms with Gasteiger partial charge in [-0.15, -0.1) is 11.6 Å². The molecule has 0 spiro atoms. The first kappa shape index (κ1) is 18.0. The minimum atomic E-state index is -2.13. The zero-order valence-corrected chi connectivity index (χ0v) is 12.2. The second kappa shape index (κ2) is 6.78. The van der Waals surface area contributed by atoms with Crippen molar-refractivity contribution in [1.29, 1.82) is 0 Å². The second-order valence-electron chi connectivity index (χ2n) is 4.71. The van der Waals surface area contributed by atoms with E-state index in [0.29, 0.717) is 11.1 Å². The van der Waals surface area contributed by atoms with Crippen LogP contribution in [-0.4, -0.2) is 63.4 Å². The normalized spacial score (nSPS) is 33.1. The summed E-state index contributed by atoms with van der Waals surface area (Å²) in [5, 5.41) is 19.0. The van der Waals surface area contributed by atoms with Crippen LogP contribution in [0.4, 0.5) is 8.78 Å². The maximum absolute atomic E-state index is 14.1. The van der Waals surface area contributed by atoms with Crippen LogP contribution < -0.4 is 0 Å². The van der Waals surface area contributed by atoms with E-state index in [1.807, 2.05) is 0 Å². The molecule has 0 aromatic heterocycles. The van der Waals surface area contributed by atoms with Crippen LogP contribution in [0.2, 0.25) is 0 Å². The molecule has 0 unspecified atom stereocenters.